The summed E-state index contributed by atoms with van der Waals surface area (Å²) in [5, 5.41) is 0. The summed E-state index contributed by atoms with van der Waals surface area (Å²) in [4.78, 5) is 11.6. The predicted octanol–water partition coefficient (Wildman–Crippen LogP) is 3.21. The van der Waals surface area contributed by atoms with Crippen molar-refractivity contribution in [2.45, 2.75) is 19.9 Å². The molecule has 0 aliphatic carbocycles. The fraction of sp³-hybridized carbons (Fsp3) is 0.417. The molecule has 102 valence electrons. The van der Waals surface area contributed by atoms with Gasteiger partial charge in [0.15, 0.2) is 0 Å². The van der Waals surface area contributed by atoms with Gasteiger partial charge in [-0.3, -0.25) is 4.79 Å². The number of carbonyl (C=O) groups excluding carboxylic acids is 1. The first kappa shape index (κ1) is 17.4. The van der Waals surface area contributed by atoms with E-state index < -0.39 is 23.2 Å². The summed E-state index contributed by atoms with van der Waals surface area (Å²) in [6, 6.07) is 3.81. The van der Waals surface area contributed by atoms with Crippen LogP contribution in [0.25, 0.3) is 0 Å². The fourth-order valence-electron chi connectivity index (χ4n) is 1.53. The van der Waals surface area contributed by atoms with Crippen LogP contribution in [0.2, 0.25) is 0 Å². The van der Waals surface area contributed by atoms with Crippen molar-refractivity contribution in [3.63, 3.8) is 0 Å². The third kappa shape index (κ3) is 3.43. The van der Waals surface area contributed by atoms with Gasteiger partial charge in [0.2, 0.25) is 0 Å². The van der Waals surface area contributed by atoms with Gasteiger partial charge in [0.1, 0.15) is 5.82 Å². The Morgan fingerprint density at radius 2 is 2.06 bits per heavy atom. The Labute approximate surface area is 120 Å². The minimum absolute atomic E-state index is 0. The summed E-state index contributed by atoms with van der Waals surface area (Å²) < 4.78 is 19.0. The van der Waals surface area contributed by atoms with Crippen LogP contribution in [0.1, 0.15) is 25.5 Å². The van der Waals surface area contributed by atoms with E-state index in [-0.39, 0.29) is 12.4 Å². The van der Waals surface area contributed by atoms with E-state index in [2.05, 4.69) is 20.7 Å². The van der Waals surface area contributed by atoms with Crippen LogP contribution < -0.4 is 5.73 Å². The molecule has 0 amide bonds. The van der Waals surface area contributed by atoms with E-state index in [0.29, 0.717) is 10.0 Å². The predicted molar refractivity (Wildman–Crippen MR) is 74.1 cm³/mol. The van der Waals surface area contributed by atoms with Gasteiger partial charge in [-0.25, -0.2) is 4.39 Å². The highest BCUT2D eigenvalue weighted by Gasteiger charge is 2.37. The standard InChI is InChI=1S/C12H15BrFNO2.ClH/c1-12(2,11(16)17-3)10(15)8-5-4-7(13)6-9(8)14;/h4-6,10H,15H2,1-3H3;1H/t10-;/m1./s1. The van der Waals surface area contributed by atoms with Crippen LogP contribution >= 0.6 is 28.3 Å². The molecule has 0 unspecified atom stereocenters. The van der Waals surface area contributed by atoms with Crippen molar-refractivity contribution in [1.82, 2.24) is 0 Å². The van der Waals surface area contributed by atoms with Crippen LogP contribution in [0, 0.1) is 11.2 Å². The summed E-state index contributed by atoms with van der Waals surface area (Å²) in [6.45, 7) is 3.26. The molecule has 2 N–H and O–H groups in total. The van der Waals surface area contributed by atoms with Crippen LogP contribution in [0.15, 0.2) is 22.7 Å². The third-order valence-electron chi connectivity index (χ3n) is 2.79. The lowest BCUT2D eigenvalue weighted by Gasteiger charge is -2.29. The van der Waals surface area contributed by atoms with Crippen LogP contribution in [0.3, 0.4) is 0 Å². The lowest BCUT2D eigenvalue weighted by Crippen LogP contribution is -2.37. The number of esters is 1. The Morgan fingerprint density at radius 3 is 2.50 bits per heavy atom. The molecule has 1 atom stereocenters. The molecule has 0 saturated carbocycles. The lowest BCUT2D eigenvalue weighted by molar-refractivity contribution is -0.152. The molecule has 1 aromatic rings. The van der Waals surface area contributed by atoms with Gasteiger partial charge in [-0.2, -0.15) is 0 Å². The summed E-state index contributed by atoms with van der Waals surface area (Å²) >= 11 is 3.17. The molecule has 0 aliphatic heterocycles. The normalized spacial score (nSPS) is 12.6. The number of carbonyl (C=O) groups is 1. The zero-order valence-corrected chi connectivity index (χ0v) is 12.8. The number of halogens is 3. The van der Waals surface area contributed by atoms with Crippen LogP contribution in [0.5, 0.6) is 0 Å². The number of nitrogens with two attached hydrogens (primary N) is 1. The molecule has 0 heterocycles. The average Bonchev–Trinajstić information content (AvgIpc) is 2.27. The number of methoxy groups -OCH3 is 1. The van der Waals surface area contributed by atoms with E-state index >= 15 is 0 Å². The molecule has 1 rings (SSSR count). The van der Waals surface area contributed by atoms with Gasteiger partial charge in [-0.05, 0) is 26.0 Å². The lowest BCUT2D eigenvalue weighted by atomic mass is 9.81. The maximum atomic E-state index is 13.7. The Hall–Kier alpha value is -0.650. The number of rotatable bonds is 3. The van der Waals surface area contributed by atoms with E-state index in [1.165, 1.54) is 13.2 Å². The number of benzene rings is 1. The van der Waals surface area contributed by atoms with Crippen LogP contribution in [-0.4, -0.2) is 13.1 Å². The molecular weight excluding hydrogens is 324 g/mol. The average molecular weight is 341 g/mol. The second kappa shape index (κ2) is 6.50. The molecule has 6 heteroatoms. The van der Waals surface area contributed by atoms with E-state index in [1.807, 2.05) is 0 Å². The molecule has 0 bridgehead atoms. The second-order valence-corrected chi connectivity index (χ2v) is 5.27. The van der Waals surface area contributed by atoms with Crippen molar-refractivity contribution in [1.29, 1.82) is 0 Å². The zero-order valence-electron chi connectivity index (χ0n) is 10.4. The third-order valence-corrected chi connectivity index (χ3v) is 3.28. The highest BCUT2D eigenvalue weighted by Crippen LogP contribution is 2.34. The highest BCUT2D eigenvalue weighted by molar-refractivity contribution is 9.10. The molecule has 3 nitrogen and oxygen atoms in total. The van der Waals surface area contributed by atoms with Crippen LogP contribution in [-0.2, 0) is 9.53 Å². The summed E-state index contributed by atoms with van der Waals surface area (Å²) in [5.74, 6) is -0.906. The summed E-state index contributed by atoms with van der Waals surface area (Å²) in [5.41, 5.74) is 5.26. The molecule has 0 saturated heterocycles. The van der Waals surface area contributed by atoms with Crippen LogP contribution in [0.4, 0.5) is 4.39 Å². The van der Waals surface area contributed by atoms with E-state index in [1.54, 1.807) is 26.0 Å². The molecule has 1 aromatic carbocycles. The molecular formula is C12H16BrClFNO2. The minimum atomic E-state index is -0.983. The minimum Gasteiger partial charge on any atom is -0.469 e. The summed E-state index contributed by atoms with van der Waals surface area (Å²) in [7, 11) is 1.29. The van der Waals surface area contributed by atoms with Gasteiger partial charge >= 0.3 is 5.97 Å². The monoisotopic (exact) mass is 339 g/mol. The SMILES string of the molecule is COC(=O)C(C)(C)[C@H](N)c1ccc(Br)cc1F.Cl. The van der Waals surface area contributed by atoms with Crippen molar-refractivity contribution in [3.8, 4) is 0 Å². The molecule has 0 spiro atoms. The Balaban J connectivity index is 0.00000289. The first-order valence-corrected chi connectivity index (χ1v) is 5.89. The van der Waals surface area contributed by atoms with Crippen molar-refractivity contribution in [3.05, 3.63) is 34.1 Å². The second-order valence-electron chi connectivity index (χ2n) is 4.36. The van der Waals surface area contributed by atoms with Gasteiger partial charge in [0.25, 0.3) is 0 Å². The van der Waals surface area contributed by atoms with Crippen molar-refractivity contribution >= 4 is 34.3 Å². The molecule has 0 aromatic heterocycles. The topological polar surface area (TPSA) is 52.3 Å². The first-order chi connectivity index (χ1) is 7.80. The zero-order chi connectivity index (χ0) is 13.2. The van der Waals surface area contributed by atoms with Gasteiger partial charge in [0, 0.05) is 16.1 Å². The maximum absolute atomic E-state index is 13.7. The maximum Gasteiger partial charge on any atom is 0.313 e. The fourth-order valence-corrected chi connectivity index (χ4v) is 1.87. The molecule has 0 fully saturated rings. The van der Waals surface area contributed by atoms with Gasteiger partial charge in [-0.15, -0.1) is 12.4 Å². The highest BCUT2D eigenvalue weighted by atomic mass is 79.9. The smallest absolute Gasteiger partial charge is 0.313 e. The van der Waals surface area contributed by atoms with E-state index in [0.717, 1.165) is 0 Å². The summed E-state index contributed by atoms with van der Waals surface area (Å²) in [6.07, 6.45) is 0. The number of hydrogen-bond donors (Lipinski definition) is 1. The van der Waals surface area contributed by atoms with Crippen molar-refractivity contribution < 1.29 is 13.9 Å². The first-order valence-electron chi connectivity index (χ1n) is 5.09. The number of hydrogen-bond acceptors (Lipinski definition) is 3. The Morgan fingerprint density at radius 1 is 1.50 bits per heavy atom. The Kier molecular flexibility index (Phi) is 6.26. The quantitative estimate of drug-likeness (QED) is 0.860. The van der Waals surface area contributed by atoms with E-state index in [4.69, 9.17) is 5.73 Å². The number of ether oxygens (including phenoxy) is 1. The molecule has 18 heavy (non-hydrogen) atoms. The van der Waals surface area contributed by atoms with Gasteiger partial charge in [0.05, 0.1) is 12.5 Å². The van der Waals surface area contributed by atoms with Crippen molar-refractivity contribution in [2.75, 3.05) is 7.11 Å². The van der Waals surface area contributed by atoms with Gasteiger partial charge in [-0.1, -0.05) is 22.0 Å². The van der Waals surface area contributed by atoms with E-state index in [9.17, 15) is 9.18 Å². The molecule has 0 aliphatic rings. The largest absolute Gasteiger partial charge is 0.469 e. The van der Waals surface area contributed by atoms with Gasteiger partial charge < -0.3 is 10.5 Å². The Bertz CT molecular complexity index is 440. The molecule has 0 radical (unpaired) electrons. The van der Waals surface area contributed by atoms with Crippen molar-refractivity contribution in [2.24, 2.45) is 11.1 Å².